The second-order valence-electron chi connectivity index (χ2n) is 6.08. The van der Waals surface area contributed by atoms with Crippen LogP contribution >= 0.6 is 0 Å². The van der Waals surface area contributed by atoms with Gasteiger partial charge in [-0.05, 0) is 24.5 Å². The summed E-state index contributed by atoms with van der Waals surface area (Å²) >= 11 is 0. The zero-order valence-electron chi connectivity index (χ0n) is 12.5. The lowest BCUT2D eigenvalue weighted by atomic mass is 9.76. The molecule has 5 heteroatoms. The van der Waals surface area contributed by atoms with Gasteiger partial charge in [0.2, 0.25) is 0 Å². The van der Waals surface area contributed by atoms with E-state index in [1.807, 2.05) is 43.4 Å². The second-order valence-corrected chi connectivity index (χ2v) is 6.08. The maximum Gasteiger partial charge on any atom is 0.272 e. The molecule has 5 nitrogen and oxygen atoms in total. The van der Waals surface area contributed by atoms with Crippen molar-refractivity contribution in [1.29, 1.82) is 0 Å². The van der Waals surface area contributed by atoms with Gasteiger partial charge in [0, 0.05) is 25.6 Å². The summed E-state index contributed by atoms with van der Waals surface area (Å²) in [7, 11) is 1.86. The van der Waals surface area contributed by atoms with Crippen molar-refractivity contribution in [2.45, 2.75) is 25.0 Å². The Morgan fingerprint density at radius 1 is 1.36 bits per heavy atom. The minimum atomic E-state index is -0.0897. The molecule has 1 aromatic heterocycles. The number of aryl methyl sites for hydroxylation is 1. The lowest BCUT2D eigenvalue weighted by Crippen LogP contribution is -2.53. The summed E-state index contributed by atoms with van der Waals surface area (Å²) in [5.41, 5.74) is 2.48. The molecule has 3 atom stereocenters. The quantitative estimate of drug-likeness (QED) is 0.942. The molecule has 1 saturated carbocycles. The highest BCUT2D eigenvalue weighted by Crippen LogP contribution is 2.38. The summed E-state index contributed by atoms with van der Waals surface area (Å²) in [5, 5.41) is 7.46. The van der Waals surface area contributed by atoms with Crippen molar-refractivity contribution in [3.05, 3.63) is 42.1 Å². The van der Waals surface area contributed by atoms with E-state index < -0.39 is 0 Å². The number of rotatable bonds is 3. The van der Waals surface area contributed by atoms with E-state index in [4.69, 9.17) is 4.74 Å². The number of carbonyl (C=O) groups excluding carboxylic acids is 1. The van der Waals surface area contributed by atoms with E-state index in [-0.39, 0.29) is 11.9 Å². The molecule has 2 heterocycles. The molecule has 4 rings (SSSR count). The Labute approximate surface area is 129 Å². The van der Waals surface area contributed by atoms with E-state index in [0.29, 0.717) is 17.7 Å². The third kappa shape index (κ3) is 2.22. The van der Waals surface area contributed by atoms with Crippen LogP contribution in [0.25, 0.3) is 11.3 Å². The third-order valence-electron chi connectivity index (χ3n) is 4.76. The average Bonchev–Trinajstić information content (AvgIpc) is 3.09. The predicted molar refractivity (Wildman–Crippen MR) is 82.4 cm³/mol. The van der Waals surface area contributed by atoms with Gasteiger partial charge in [-0.25, -0.2) is 0 Å². The minimum absolute atomic E-state index is 0.0897. The van der Waals surface area contributed by atoms with Crippen LogP contribution in [0.1, 0.15) is 23.3 Å². The SMILES string of the molecule is Cn1nc(C(=O)N[C@@H]2C[C@H]3OCC[C@@H]23)cc1-c1ccccc1. The van der Waals surface area contributed by atoms with Gasteiger partial charge in [-0.2, -0.15) is 5.10 Å². The highest BCUT2D eigenvalue weighted by atomic mass is 16.5. The number of fused-ring (bicyclic) bond motifs is 1. The van der Waals surface area contributed by atoms with Gasteiger partial charge in [-0.3, -0.25) is 9.48 Å². The molecule has 0 bridgehead atoms. The van der Waals surface area contributed by atoms with Crippen molar-refractivity contribution >= 4 is 5.91 Å². The summed E-state index contributed by atoms with van der Waals surface area (Å²) in [6.07, 6.45) is 2.33. The smallest absolute Gasteiger partial charge is 0.272 e. The van der Waals surface area contributed by atoms with Crippen LogP contribution < -0.4 is 5.32 Å². The van der Waals surface area contributed by atoms with E-state index in [1.165, 1.54) is 0 Å². The van der Waals surface area contributed by atoms with E-state index in [0.717, 1.165) is 30.7 Å². The summed E-state index contributed by atoms with van der Waals surface area (Å²) in [5.74, 6) is 0.398. The van der Waals surface area contributed by atoms with Crippen molar-refractivity contribution in [2.24, 2.45) is 13.0 Å². The molecule has 0 radical (unpaired) electrons. The van der Waals surface area contributed by atoms with Crippen LogP contribution in [0.2, 0.25) is 0 Å². The molecule has 0 unspecified atom stereocenters. The Balaban J connectivity index is 1.50. The Hall–Kier alpha value is -2.14. The molecule has 1 aliphatic heterocycles. The molecule has 2 aromatic rings. The van der Waals surface area contributed by atoms with Crippen LogP contribution in [0.5, 0.6) is 0 Å². The third-order valence-corrected chi connectivity index (χ3v) is 4.76. The highest BCUT2D eigenvalue weighted by Gasteiger charge is 2.45. The maximum atomic E-state index is 12.4. The number of amides is 1. The van der Waals surface area contributed by atoms with E-state index >= 15 is 0 Å². The summed E-state index contributed by atoms with van der Waals surface area (Å²) in [4.78, 5) is 12.4. The molecule has 2 fully saturated rings. The largest absolute Gasteiger partial charge is 0.378 e. The predicted octanol–water partition coefficient (Wildman–Crippen LogP) is 1.99. The first-order valence-electron chi connectivity index (χ1n) is 7.74. The Morgan fingerprint density at radius 3 is 2.95 bits per heavy atom. The van der Waals surface area contributed by atoms with Crippen LogP contribution in [0, 0.1) is 5.92 Å². The number of hydrogen-bond acceptors (Lipinski definition) is 3. The number of benzene rings is 1. The monoisotopic (exact) mass is 297 g/mol. The molecule has 1 saturated heterocycles. The Bertz CT molecular complexity index is 695. The van der Waals surface area contributed by atoms with E-state index in [1.54, 1.807) is 4.68 Å². The van der Waals surface area contributed by atoms with Gasteiger partial charge in [0.1, 0.15) is 0 Å². The molecule has 22 heavy (non-hydrogen) atoms. The topological polar surface area (TPSA) is 56.2 Å². The van der Waals surface area contributed by atoms with Crippen LogP contribution in [-0.4, -0.2) is 34.4 Å². The maximum absolute atomic E-state index is 12.4. The summed E-state index contributed by atoms with van der Waals surface area (Å²) in [6.45, 7) is 0.823. The fourth-order valence-corrected chi connectivity index (χ4v) is 3.46. The van der Waals surface area contributed by atoms with Gasteiger partial charge >= 0.3 is 0 Å². The van der Waals surface area contributed by atoms with Gasteiger partial charge in [0.15, 0.2) is 5.69 Å². The average molecular weight is 297 g/mol. The number of carbonyl (C=O) groups is 1. The molecule has 1 aliphatic carbocycles. The normalized spacial score (nSPS) is 26.3. The fraction of sp³-hybridized carbons (Fsp3) is 0.412. The number of nitrogens with zero attached hydrogens (tertiary/aromatic N) is 2. The zero-order valence-corrected chi connectivity index (χ0v) is 12.5. The van der Waals surface area contributed by atoms with Gasteiger partial charge in [0.25, 0.3) is 5.91 Å². The molecule has 0 spiro atoms. The Kier molecular flexibility index (Phi) is 3.22. The molecule has 1 amide bonds. The van der Waals surface area contributed by atoms with Crippen molar-refractivity contribution < 1.29 is 9.53 Å². The number of aromatic nitrogens is 2. The van der Waals surface area contributed by atoms with E-state index in [2.05, 4.69) is 10.4 Å². The Morgan fingerprint density at radius 2 is 2.18 bits per heavy atom. The highest BCUT2D eigenvalue weighted by molar-refractivity contribution is 5.93. The minimum Gasteiger partial charge on any atom is -0.378 e. The molecule has 1 aromatic carbocycles. The lowest BCUT2D eigenvalue weighted by Gasteiger charge is -2.39. The standard InChI is InChI=1S/C17H19N3O2/c1-20-15(11-5-3-2-4-6-11)9-14(19-20)17(21)18-13-10-16-12(13)7-8-22-16/h2-6,9,12-13,16H,7-8,10H2,1H3,(H,18,21)/t12-,13+,16+/m0/s1. The fourth-order valence-electron chi connectivity index (χ4n) is 3.46. The van der Waals surface area contributed by atoms with Crippen molar-refractivity contribution in [1.82, 2.24) is 15.1 Å². The molecular weight excluding hydrogens is 278 g/mol. The van der Waals surface area contributed by atoms with Gasteiger partial charge in [0.05, 0.1) is 11.8 Å². The molecule has 114 valence electrons. The number of hydrogen-bond donors (Lipinski definition) is 1. The number of nitrogens with one attached hydrogen (secondary N) is 1. The van der Waals surface area contributed by atoms with Crippen molar-refractivity contribution in [3.8, 4) is 11.3 Å². The molecule has 2 aliphatic rings. The van der Waals surface area contributed by atoms with Crippen LogP contribution in [0.4, 0.5) is 0 Å². The summed E-state index contributed by atoms with van der Waals surface area (Å²) in [6, 6.07) is 12.1. The van der Waals surface area contributed by atoms with Crippen molar-refractivity contribution in [3.63, 3.8) is 0 Å². The lowest BCUT2D eigenvalue weighted by molar-refractivity contribution is 0.00802. The van der Waals surface area contributed by atoms with Gasteiger partial charge < -0.3 is 10.1 Å². The van der Waals surface area contributed by atoms with Crippen molar-refractivity contribution in [2.75, 3.05) is 6.61 Å². The van der Waals surface area contributed by atoms with Gasteiger partial charge in [-0.15, -0.1) is 0 Å². The number of ether oxygens (including phenoxy) is 1. The zero-order chi connectivity index (χ0) is 15.1. The second kappa shape index (κ2) is 5.25. The summed E-state index contributed by atoms with van der Waals surface area (Å²) < 4.78 is 7.34. The molecular formula is C17H19N3O2. The van der Waals surface area contributed by atoms with E-state index in [9.17, 15) is 4.79 Å². The first kappa shape index (κ1) is 13.5. The first-order valence-corrected chi connectivity index (χ1v) is 7.74. The molecule has 1 N–H and O–H groups in total. The first-order chi connectivity index (χ1) is 10.7. The van der Waals surface area contributed by atoms with Crippen LogP contribution in [0.3, 0.4) is 0 Å². The van der Waals surface area contributed by atoms with Gasteiger partial charge in [-0.1, -0.05) is 30.3 Å². The van der Waals surface area contributed by atoms with Crippen LogP contribution in [0.15, 0.2) is 36.4 Å². The van der Waals surface area contributed by atoms with Crippen LogP contribution in [-0.2, 0) is 11.8 Å².